The van der Waals surface area contributed by atoms with Crippen LogP contribution in [-0.2, 0) is 14.8 Å². The summed E-state index contributed by atoms with van der Waals surface area (Å²) in [4.78, 5) is 0.323. The molecule has 0 amide bonds. The zero-order valence-corrected chi connectivity index (χ0v) is 12.1. The third-order valence-electron chi connectivity index (χ3n) is 3.33. The van der Waals surface area contributed by atoms with Gasteiger partial charge in [-0.1, -0.05) is 0 Å². The summed E-state index contributed by atoms with van der Waals surface area (Å²) in [5, 5.41) is 3.14. The molecule has 0 aromatic heterocycles. The second kappa shape index (κ2) is 5.90. The van der Waals surface area contributed by atoms with E-state index in [2.05, 4.69) is 5.32 Å². The Bertz CT molecular complexity index is 507. The molecule has 2 rings (SSSR count). The predicted molar refractivity (Wildman–Crippen MR) is 74.8 cm³/mol. The van der Waals surface area contributed by atoms with E-state index in [0.717, 1.165) is 18.7 Å². The van der Waals surface area contributed by atoms with Gasteiger partial charge in [0.2, 0.25) is 10.0 Å². The van der Waals surface area contributed by atoms with E-state index in [1.54, 1.807) is 31.3 Å². The van der Waals surface area contributed by atoms with Crippen molar-refractivity contribution >= 4 is 15.7 Å². The summed E-state index contributed by atoms with van der Waals surface area (Å²) in [6.07, 6.45) is 0.755. The van der Waals surface area contributed by atoms with Gasteiger partial charge in [0, 0.05) is 25.9 Å². The van der Waals surface area contributed by atoms with Crippen molar-refractivity contribution in [3.63, 3.8) is 0 Å². The third-order valence-corrected chi connectivity index (χ3v) is 5.26. The Balaban J connectivity index is 2.18. The van der Waals surface area contributed by atoms with Crippen molar-refractivity contribution in [3.05, 3.63) is 24.3 Å². The predicted octanol–water partition coefficient (Wildman–Crippen LogP) is 1.53. The average Bonchev–Trinajstić information content (AvgIpc) is 2.92. The van der Waals surface area contributed by atoms with E-state index < -0.39 is 10.0 Å². The van der Waals surface area contributed by atoms with Crippen LogP contribution in [0.3, 0.4) is 0 Å². The highest BCUT2D eigenvalue weighted by Gasteiger charge is 2.30. The summed E-state index contributed by atoms with van der Waals surface area (Å²) in [5.41, 5.74) is 0.924. The molecule has 1 aromatic rings. The molecule has 0 spiro atoms. The van der Waals surface area contributed by atoms with Gasteiger partial charge in [-0.3, -0.25) is 0 Å². The number of hydrogen-bond acceptors (Lipinski definition) is 4. The maximum absolute atomic E-state index is 12.4. The summed E-state index contributed by atoms with van der Waals surface area (Å²) < 4.78 is 31.5. The second-order valence-corrected chi connectivity index (χ2v) is 6.59. The summed E-state index contributed by atoms with van der Waals surface area (Å²) in [6.45, 7) is 3.92. The minimum atomic E-state index is -3.43. The molecule has 1 atom stereocenters. The fraction of sp³-hybridized carbons (Fsp3) is 0.538. The van der Waals surface area contributed by atoms with E-state index in [0.29, 0.717) is 18.1 Å². The van der Waals surface area contributed by atoms with Crippen molar-refractivity contribution in [2.45, 2.75) is 24.3 Å². The van der Waals surface area contributed by atoms with Crippen LogP contribution in [-0.4, -0.2) is 45.6 Å². The molecule has 5 nitrogen and oxygen atoms in total. The highest BCUT2D eigenvalue weighted by molar-refractivity contribution is 7.89. The molecular formula is C13H20N2O3S. The molecule has 106 valence electrons. The van der Waals surface area contributed by atoms with E-state index in [4.69, 9.17) is 4.74 Å². The number of benzene rings is 1. The molecule has 1 aliphatic heterocycles. The van der Waals surface area contributed by atoms with Gasteiger partial charge < -0.3 is 10.1 Å². The number of rotatable bonds is 5. The normalized spacial score (nSPS) is 19.8. The number of hydrogen-bond donors (Lipinski definition) is 1. The van der Waals surface area contributed by atoms with Crippen LogP contribution in [0.4, 0.5) is 5.69 Å². The van der Waals surface area contributed by atoms with Crippen LogP contribution in [0.2, 0.25) is 0 Å². The molecule has 0 bridgehead atoms. The minimum absolute atomic E-state index is 0.0570. The van der Waals surface area contributed by atoms with Crippen molar-refractivity contribution in [3.8, 4) is 0 Å². The fourth-order valence-corrected chi connectivity index (χ4v) is 3.49. The fourth-order valence-electron chi connectivity index (χ4n) is 2.12. The lowest BCUT2D eigenvalue weighted by atomic mass is 10.3. The highest BCUT2D eigenvalue weighted by atomic mass is 32.2. The molecule has 19 heavy (non-hydrogen) atoms. The number of likely N-dealkylation sites (N-methyl/N-ethyl adjacent to an activating group) is 1. The van der Waals surface area contributed by atoms with Gasteiger partial charge in [-0.25, -0.2) is 8.42 Å². The van der Waals surface area contributed by atoms with E-state index in [-0.39, 0.29) is 6.04 Å². The SMILES string of the molecule is CCNc1ccc(S(=O)(=O)N(C)C2CCOC2)cc1. The first-order chi connectivity index (χ1) is 9.05. The second-order valence-electron chi connectivity index (χ2n) is 4.59. The third kappa shape index (κ3) is 3.08. The molecule has 1 fully saturated rings. The maximum Gasteiger partial charge on any atom is 0.243 e. The van der Waals surface area contributed by atoms with Crippen LogP contribution < -0.4 is 5.32 Å². The number of ether oxygens (including phenoxy) is 1. The van der Waals surface area contributed by atoms with Gasteiger partial charge in [-0.2, -0.15) is 4.31 Å². The lowest BCUT2D eigenvalue weighted by molar-refractivity contribution is 0.181. The molecule has 0 saturated carbocycles. The van der Waals surface area contributed by atoms with Crippen molar-refractivity contribution in [2.75, 3.05) is 32.1 Å². The maximum atomic E-state index is 12.4. The first kappa shape index (κ1) is 14.3. The molecule has 1 aliphatic rings. The summed E-state index contributed by atoms with van der Waals surface area (Å²) >= 11 is 0. The Hall–Kier alpha value is -1.11. The largest absolute Gasteiger partial charge is 0.385 e. The molecule has 6 heteroatoms. The van der Waals surface area contributed by atoms with Crippen LogP contribution in [0.15, 0.2) is 29.2 Å². The smallest absolute Gasteiger partial charge is 0.243 e. The van der Waals surface area contributed by atoms with Crippen LogP contribution in [0.5, 0.6) is 0 Å². The van der Waals surface area contributed by atoms with Crippen molar-refractivity contribution in [2.24, 2.45) is 0 Å². The van der Waals surface area contributed by atoms with Crippen molar-refractivity contribution < 1.29 is 13.2 Å². The molecule has 0 aliphatic carbocycles. The van der Waals surface area contributed by atoms with E-state index in [9.17, 15) is 8.42 Å². The van der Waals surface area contributed by atoms with E-state index >= 15 is 0 Å². The molecule has 1 N–H and O–H groups in total. The zero-order valence-electron chi connectivity index (χ0n) is 11.3. The lowest BCUT2D eigenvalue weighted by Gasteiger charge is -2.22. The van der Waals surface area contributed by atoms with Crippen LogP contribution in [0, 0.1) is 0 Å². The van der Waals surface area contributed by atoms with Gasteiger partial charge in [0.15, 0.2) is 0 Å². The topological polar surface area (TPSA) is 58.6 Å². The summed E-state index contributed by atoms with van der Waals surface area (Å²) in [5.74, 6) is 0. The van der Waals surface area contributed by atoms with E-state index in [1.807, 2.05) is 6.92 Å². The number of anilines is 1. The molecule has 1 aromatic carbocycles. The van der Waals surface area contributed by atoms with Crippen LogP contribution in [0.1, 0.15) is 13.3 Å². The van der Waals surface area contributed by atoms with Crippen molar-refractivity contribution in [1.29, 1.82) is 0 Å². The molecule has 1 saturated heterocycles. The molecular weight excluding hydrogens is 264 g/mol. The Morgan fingerprint density at radius 2 is 2.05 bits per heavy atom. The highest BCUT2D eigenvalue weighted by Crippen LogP contribution is 2.22. The molecule has 1 heterocycles. The monoisotopic (exact) mass is 284 g/mol. The standard InChI is InChI=1S/C13H20N2O3S/c1-3-14-11-4-6-13(7-5-11)19(16,17)15(2)12-8-9-18-10-12/h4-7,12,14H,3,8-10H2,1-2H3. The first-order valence-corrected chi connectivity index (χ1v) is 7.89. The Morgan fingerprint density at radius 3 is 2.58 bits per heavy atom. The van der Waals surface area contributed by atoms with Gasteiger partial charge in [0.25, 0.3) is 0 Å². The van der Waals surface area contributed by atoms with Crippen LogP contribution >= 0.6 is 0 Å². The Labute approximate surface area is 114 Å². The van der Waals surface area contributed by atoms with Gasteiger partial charge in [-0.15, -0.1) is 0 Å². The number of sulfonamides is 1. The number of nitrogens with zero attached hydrogens (tertiary/aromatic N) is 1. The average molecular weight is 284 g/mol. The Kier molecular flexibility index (Phi) is 4.44. The van der Waals surface area contributed by atoms with Gasteiger partial charge in [-0.05, 0) is 37.6 Å². The zero-order chi connectivity index (χ0) is 13.9. The lowest BCUT2D eigenvalue weighted by Crippen LogP contribution is -2.37. The van der Waals surface area contributed by atoms with Crippen LogP contribution in [0.25, 0.3) is 0 Å². The first-order valence-electron chi connectivity index (χ1n) is 6.45. The van der Waals surface area contributed by atoms with Gasteiger partial charge in [0.05, 0.1) is 17.5 Å². The quantitative estimate of drug-likeness (QED) is 0.891. The summed E-state index contributed by atoms with van der Waals surface area (Å²) in [7, 11) is -1.81. The van der Waals surface area contributed by atoms with E-state index in [1.165, 1.54) is 4.31 Å². The summed E-state index contributed by atoms with van der Waals surface area (Å²) in [6, 6.07) is 6.79. The van der Waals surface area contributed by atoms with Crippen molar-refractivity contribution in [1.82, 2.24) is 4.31 Å². The van der Waals surface area contributed by atoms with Gasteiger partial charge in [0.1, 0.15) is 0 Å². The number of nitrogens with one attached hydrogen (secondary N) is 1. The molecule has 0 radical (unpaired) electrons. The Morgan fingerprint density at radius 1 is 1.37 bits per heavy atom. The minimum Gasteiger partial charge on any atom is -0.385 e. The molecule has 1 unspecified atom stereocenters. The van der Waals surface area contributed by atoms with Gasteiger partial charge >= 0.3 is 0 Å².